The Morgan fingerprint density at radius 3 is 2.93 bits per heavy atom. The molecule has 1 aromatic rings. The van der Waals surface area contributed by atoms with E-state index < -0.39 is 11.9 Å². The van der Waals surface area contributed by atoms with Gasteiger partial charge in [-0.05, 0) is 6.92 Å². The molecule has 5 nitrogen and oxygen atoms in total. The molecule has 0 amide bonds. The van der Waals surface area contributed by atoms with E-state index in [1.54, 1.807) is 13.0 Å². The minimum atomic E-state index is -0.816. The van der Waals surface area contributed by atoms with Crippen molar-refractivity contribution in [2.75, 3.05) is 11.9 Å². The largest absolute Gasteiger partial charge is 0.481 e. The second-order valence-corrected chi connectivity index (χ2v) is 3.16. The summed E-state index contributed by atoms with van der Waals surface area (Å²) in [6, 6.07) is 1.77. The third-order valence-electron chi connectivity index (χ3n) is 1.81. The molecule has 0 spiro atoms. The van der Waals surface area contributed by atoms with Gasteiger partial charge in [0.25, 0.3) is 0 Å². The number of aryl methyl sites for hydroxylation is 1. The van der Waals surface area contributed by atoms with Crippen LogP contribution in [-0.4, -0.2) is 27.6 Å². The maximum Gasteiger partial charge on any atom is 0.308 e. The fourth-order valence-corrected chi connectivity index (χ4v) is 0.896. The molecule has 0 radical (unpaired) electrons. The first-order valence-corrected chi connectivity index (χ1v) is 4.35. The van der Waals surface area contributed by atoms with E-state index in [1.165, 1.54) is 6.33 Å². The fraction of sp³-hybridized carbons (Fsp3) is 0.444. The number of hydrogen-bond acceptors (Lipinski definition) is 4. The standard InChI is InChI=1S/C9H13N3O2/c1-6(9(13)14)4-10-8-3-7(2)11-5-12-8/h3,5-6H,4H2,1-2H3,(H,13,14)(H,10,11,12). The Hall–Kier alpha value is -1.65. The van der Waals surface area contributed by atoms with Crippen molar-refractivity contribution in [3.8, 4) is 0 Å². The second kappa shape index (κ2) is 4.55. The molecule has 1 unspecified atom stereocenters. The number of carboxylic acid groups (broad SMARTS) is 1. The summed E-state index contributed by atoms with van der Waals surface area (Å²) in [5, 5.41) is 11.6. The van der Waals surface area contributed by atoms with Gasteiger partial charge in [0.1, 0.15) is 12.1 Å². The minimum absolute atomic E-state index is 0.367. The number of nitrogens with one attached hydrogen (secondary N) is 1. The fourth-order valence-electron chi connectivity index (χ4n) is 0.896. The monoisotopic (exact) mass is 195 g/mol. The van der Waals surface area contributed by atoms with Crippen LogP contribution in [0.15, 0.2) is 12.4 Å². The summed E-state index contributed by atoms with van der Waals surface area (Å²) < 4.78 is 0. The van der Waals surface area contributed by atoms with Gasteiger partial charge >= 0.3 is 5.97 Å². The van der Waals surface area contributed by atoms with Gasteiger partial charge in [-0.3, -0.25) is 4.79 Å². The first-order valence-electron chi connectivity index (χ1n) is 4.35. The number of carboxylic acids is 1. The molecule has 5 heteroatoms. The number of anilines is 1. The number of nitrogens with zero attached hydrogens (tertiary/aromatic N) is 2. The van der Waals surface area contributed by atoms with Crippen LogP contribution in [-0.2, 0) is 4.79 Å². The predicted molar refractivity (Wildman–Crippen MR) is 52.1 cm³/mol. The van der Waals surface area contributed by atoms with Gasteiger partial charge in [-0.1, -0.05) is 6.92 Å². The van der Waals surface area contributed by atoms with Gasteiger partial charge in [0.15, 0.2) is 0 Å². The number of carbonyl (C=O) groups is 1. The van der Waals surface area contributed by atoms with E-state index in [-0.39, 0.29) is 0 Å². The average molecular weight is 195 g/mol. The molecule has 0 saturated carbocycles. The predicted octanol–water partition coefficient (Wildman–Crippen LogP) is 0.918. The molecule has 1 atom stereocenters. The zero-order chi connectivity index (χ0) is 10.6. The second-order valence-electron chi connectivity index (χ2n) is 3.16. The van der Waals surface area contributed by atoms with E-state index in [9.17, 15) is 4.79 Å². The molecule has 0 aliphatic carbocycles. The third kappa shape index (κ3) is 3.01. The van der Waals surface area contributed by atoms with E-state index in [0.29, 0.717) is 12.4 Å². The number of aliphatic carboxylic acids is 1. The summed E-state index contributed by atoms with van der Waals surface area (Å²) in [7, 11) is 0. The Morgan fingerprint density at radius 1 is 1.64 bits per heavy atom. The van der Waals surface area contributed by atoms with Crippen LogP contribution < -0.4 is 5.32 Å². The lowest BCUT2D eigenvalue weighted by Crippen LogP contribution is -2.20. The first-order chi connectivity index (χ1) is 6.59. The van der Waals surface area contributed by atoms with E-state index >= 15 is 0 Å². The molecule has 0 aliphatic heterocycles. The first kappa shape index (κ1) is 10.4. The third-order valence-corrected chi connectivity index (χ3v) is 1.81. The lowest BCUT2D eigenvalue weighted by Gasteiger charge is -2.08. The molecule has 1 heterocycles. The topological polar surface area (TPSA) is 75.1 Å². The summed E-state index contributed by atoms with van der Waals surface area (Å²) in [5.41, 5.74) is 0.852. The van der Waals surface area contributed by atoms with Crippen LogP contribution in [0.2, 0.25) is 0 Å². The molecule has 0 bridgehead atoms. The summed E-state index contributed by atoms with van der Waals surface area (Å²) >= 11 is 0. The Morgan fingerprint density at radius 2 is 2.36 bits per heavy atom. The number of aromatic nitrogens is 2. The van der Waals surface area contributed by atoms with Crippen LogP contribution in [0, 0.1) is 12.8 Å². The molecule has 0 fully saturated rings. The number of rotatable bonds is 4. The molecule has 2 N–H and O–H groups in total. The quantitative estimate of drug-likeness (QED) is 0.747. The Balaban J connectivity index is 2.49. The Kier molecular flexibility index (Phi) is 3.39. The van der Waals surface area contributed by atoms with Crippen molar-refractivity contribution in [3.63, 3.8) is 0 Å². The Bertz CT molecular complexity index is 328. The molecule has 1 rings (SSSR count). The van der Waals surface area contributed by atoms with Crippen molar-refractivity contribution in [3.05, 3.63) is 18.1 Å². The summed E-state index contributed by atoms with van der Waals surface area (Å²) in [5.74, 6) is -0.584. The van der Waals surface area contributed by atoms with Gasteiger partial charge in [0.05, 0.1) is 5.92 Å². The van der Waals surface area contributed by atoms with Crippen molar-refractivity contribution in [1.82, 2.24) is 9.97 Å². The van der Waals surface area contributed by atoms with Crippen molar-refractivity contribution < 1.29 is 9.90 Å². The van der Waals surface area contributed by atoms with E-state index in [1.807, 2.05) is 6.92 Å². The maximum absolute atomic E-state index is 10.5. The molecule has 1 aromatic heterocycles. The van der Waals surface area contributed by atoms with Gasteiger partial charge in [-0.2, -0.15) is 0 Å². The molecule has 76 valence electrons. The van der Waals surface area contributed by atoms with Gasteiger partial charge in [-0.15, -0.1) is 0 Å². The molecule has 14 heavy (non-hydrogen) atoms. The van der Waals surface area contributed by atoms with Crippen LogP contribution in [0.25, 0.3) is 0 Å². The SMILES string of the molecule is Cc1cc(NCC(C)C(=O)O)ncn1. The van der Waals surface area contributed by atoms with Crippen molar-refractivity contribution in [1.29, 1.82) is 0 Å². The van der Waals surface area contributed by atoms with Gasteiger partial charge in [0.2, 0.25) is 0 Å². The highest BCUT2D eigenvalue weighted by Gasteiger charge is 2.09. The number of hydrogen-bond donors (Lipinski definition) is 2. The normalized spacial score (nSPS) is 12.1. The molecule has 0 saturated heterocycles. The molecular formula is C9H13N3O2. The minimum Gasteiger partial charge on any atom is -0.481 e. The maximum atomic E-state index is 10.5. The highest BCUT2D eigenvalue weighted by molar-refractivity contribution is 5.70. The van der Waals surface area contributed by atoms with Crippen LogP contribution in [0.4, 0.5) is 5.82 Å². The molecule has 0 aliphatic rings. The highest BCUT2D eigenvalue weighted by atomic mass is 16.4. The highest BCUT2D eigenvalue weighted by Crippen LogP contribution is 2.04. The van der Waals surface area contributed by atoms with Crippen molar-refractivity contribution in [2.24, 2.45) is 5.92 Å². The summed E-state index contributed by atoms with van der Waals surface area (Å²) in [4.78, 5) is 18.4. The zero-order valence-corrected chi connectivity index (χ0v) is 8.19. The van der Waals surface area contributed by atoms with Crippen LogP contribution in [0.5, 0.6) is 0 Å². The van der Waals surface area contributed by atoms with Crippen LogP contribution in [0.1, 0.15) is 12.6 Å². The van der Waals surface area contributed by atoms with E-state index in [4.69, 9.17) is 5.11 Å². The summed E-state index contributed by atoms with van der Waals surface area (Å²) in [6.45, 7) is 3.86. The van der Waals surface area contributed by atoms with Gasteiger partial charge in [-0.25, -0.2) is 9.97 Å². The van der Waals surface area contributed by atoms with E-state index in [2.05, 4.69) is 15.3 Å². The van der Waals surface area contributed by atoms with Gasteiger partial charge < -0.3 is 10.4 Å². The lowest BCUT2D eigenvalue weighted by molar-refractivity contribution is -0.140. The average Bonchev–Trinajstić information content (AvgIpc) is 2.14. The molecular weight excluding hydrogens is 182 g/mol. The molecule has 0 aromatic carbocycles. The summed E-state index contributed by atoms with van der Waals surface area (Å²) in [6.07, 6.45) is 1.45. The van der Waals surface area contributed by atoms with Crippen molar-refractivity contribution >= 4 is 11.8 Å². The smallest absolute Gasteiger partial charge is 0.308 e. The van der Waals surface area contributed by atoms with Crippen molar-refractivity contribution in [2.45, 2.75) is 13.8 Å². The van der Waals surface area contributed by atoms with Crippen LogP contribution >= 0.6 is 0 Å². The van der Waals surface area contributed by atoms with E-state index in [0.717, 1.165) is 5.69 Å². The van der Waals surface area contributed by atoms with Crippen LogP contribution in [0.3, 0.4) is 0 Å². The lowest BCUT2D eigenvalue weighted by atomic mass is 10.2. The Labute approximate surface area is 82.2 Å². The zero-order valence-electron chi connectivity index (χ0n) is 8.19. The van der Waals surface area contributed by atoms with Gasteiger partial charge in [0, 0.05) is 18.3 Å².